The summed E-state index contributed by atoms with van der Waals surface area (Å²) < 4.78 is 10.6. The predicted octanol–water partition coefficient (Wildman–Crippen LogP) is 3.17. The lowest BCUT2D eigenvalue weighted by Gasteiger charge is -2.22. The van der Waals surface area contributed by atoms with Gasteiger partial charge in [-0.25, -0.2) is 4.79 Å². The van der Waals surface area contributed by atoms with Crippen LogP contribution in [0.2, 0.25) is 0 Å². The Morgan fingerprint density at radius 3 is 2.19 bits per heavy atom. The molecule has 1 atom stereocenters. The molecule has 0 aromatic carbocycles. The molecule has 0 saturated heterocycles. The summed E-state index contributed by atoms with van der Waals surface area (Å²) in [5, 5.41) is 0. The number of hydrogen-bond acceptors (Lipinski definition) is 3. The zero-order valence-corrected chi connectivity index (χ0v) is 11.5. The number of esters is 1. The van der Waals surface area contributed by atoms with E-state index in [1.807, 2.05) is 20.8 Å². The van der Waals surface area contributed by atoms with Crippen molar-refractivity contribution in [2.75, 3.05) is 6.61 Å². The van der Waals surface area contributed by atoms with E-state index < -0.39 is 11.7 Å². The monoisotopic (exact) mass is 230 g/mol. The molecule has 0 spiro atoms. The molecule has 0 N–H and O–H groups in total. The van der Waals surface area contributed by atoms with E-state index in [1.54, 1.807) is 6.92 Å². The minimum Gasteiger partial charge on any atom is -0.458 e. The molecular weight excluding hydrogens is 204 g/mol. The quantitative estimate of drug-likeness (QED) is 0.519. The summed E-state index contributed by atoms with van der Waals surface area (Å²) in [4.78, 5) is 11.5. The topological polar surface area (TPSA) is 35.5 Å². The van der Waals surface area contributed by atoms with Crippen LogP contribution in [0.15, 0.2) is 0 Å². The standard InChI is InChI=1S/C13H26O3/c1-10(2)8-7-9-15-11(3)12(14)16-13(4,5)6/h10-11H,7-9H2,1-6H3. The minimum atomic E-state index is -0.466. The Hall–Kier alpha value is -0.570. The summed E-state index contributed by atoms with van der Waals surface area (Å²) in [6, 6.07) is 0. The first-order chi connectivity index (χ1) is 7.22. The second kappa shape index (κ2) is 6.89. The minimum absolute atomic E-state index is 0.281. The van der Waals surface area contributed by atoms with E-state index in [2.05, 4.69) is 13.8 Å². The van der Waals surface area contributed by atoms with Gasteiger partial charge in [0.2, 0.25) is 0 Å². The molecule has 96 valence electrons. The molecule has 0 aromatic heterocycles. The van der Waals surface area contributed by atoms with E-state index in [9.17, 15) is 4.79 Å². The highest BCUT2D eigenvalue weighted by Crippen LogP contribution is 2.10. The van der Waals surface area contributed by atoms with Crippen LogP contribution in [0.3, 0.4) is 0 Å². The van der Waals surface area contributed by atoms with Crippen LogP contribution >= 0.6 is 0 Å². The number of carbonyl (C=O) groups excluding carboxylic acids is 1. The molecule has 0 saturated carbocycles. The average Bonchev–Trinajstić information content (AvgIpc) is 2.08. The largest absolute Gasteiger partial charge is 0.458 e. The summed E-state index contributed by atoms with van der Waals surface area (Å²) in [6.45, 7) is 12.3. The Bertz CT molecular complexity index is 204. The molecule has 0 fully saturated rings. The first-order valence-corrected chi connectivity index (χ1v) is 6.07. The number of ether oxygens (including phenoxy) is 2. The maximum atomic E-state index is 11.5. The summed E-state index contributed by atoms with van der Waals surface area (Å²) >= 11 is 0. The van der Waals surface area contributed by atoms with Crippen molar-refractivity contribution in [3.8, 4) is 0 Å². The molecule has 0 radical (unpaired) electrons. The molecule has 0 aromatic rings. The Labute approximate surface area is 99.5 Å². The molecule has 0 aliphatic rings. The van der Waals surface area contributed by atoms with Crippen molar-refractivity contribution in [3.05, 3.63) is 0 Å². The highest BCUT2D eigenvalue weighted by Gasteiger charge is 2.21. The highest BCUT2D eigenvalue weighted by atomic mass is 16.6. The van der Waals surface area contributed by atoms with Gasteiger partial charge in [0.1, 0.15) is 5.60 Å². The van der Waals surface area contributed by atoms with Crippen LogP contribution in [0.25, 0.3) is 0 Å². The van der Waals surface area contributed by atoms with E-state index >= 15 is 0 Å². The van der Waals surface area contributed by atoms with Gasteiger partial charge in [0.05, 0.1) is 0 Å². The number of carbonyl (C=O) groups is 1. The fourth-order valence-electron chi connectivity index (χ4n) is 1.20. The predicted molar refractivity (Wildman–Crippen MR) is 65.3 cm³/mol. The maximum absolute atomic E-state index is 11.5. The van der Waals surface area contributed by atoms with Gasteiger partial charge >= 0.3 is 5.97 Å². The van der Waals surface area contributed by atoms with Crippen LogP contribution in [0.1, 0.15) is 54.4 Å². The van der Waals surface area contributed by atoms with E-state index in [4.69, 9.17) is 9.47 Å². The van der Waals surface area contributed by atoms with Crippen LogP contribution in [0.4, 0.5) is 0 Å². The molecular formula is C13H26O3. The van der Waals surface area contributed by atoms with E-state index in [-0.39, 0.29) is 5.97 Å². The lowest BCUT2D eigenvalue weighted by molar-refractivity contribution is -0.167. The fourth-order valence-corrected chi connectivity index (χ4v) is 1.20. The van der Waals surface area contributed by atoms with Crippen LogP contribution < -0.4 is 0 Å². The second-order valence-electron chi connectivity index (χ2n) is 5.58. The van der Waals surface area contributed by atoms with Crippen molar-refractivity contribution in [3.63, 3.8) is 0 Å². The van der Waals surface area contributed by atoms with Crippen LogP contribution in [0.5, 0.6) is 0 Å². The number of hydrogen-bond donors (Lipinski definition) is 0. The molecule has 16 heavy (non-hydrogen) atoms. The third-order valence-corrected chi connectivity index (χ3v) is 2.03. The van der Waals surface area contributed by atoms with E-state index in [0.29, 0.717) is 12.5 Å². The molecule has 0 bridgehead atoms. The van der Waals surface area contributed by atoms with Crippen LogP contribution in [-0.4, -0.2) is 24.3 Å². The van der Waals surface area contributed by atoms with E-state index in [0.717, 1.165) is 12.8 Å². The van der Waals surface area contributed by atoms with Crippen molar-refractivity contribution >= 4 is 5.97 Å². The van der Waals surface area contributed by atoms with Gasteiger partial charge in [-0.1, -0.05) is 13.8 Å². The van der Waals surface area contributed by atoms with Crippen molar-refractivity contribution in [2.45, 2.75) is 66.1 Å². The van der Waals surface area contributed by atoms with Gasteiger partial charge in [0.25, 0.3) is 0 Å². The second-order valence-corrected chi connectivity index (χ2v) is 5.58. The van der Waals surface area contributed by atoms with Crippen molar-refractivity contribution < 1.29 is 14.3 Å². The van der Waals surface area contributed by atoms with Gasteiger partial charge in [-0.05, 0) is 46.5 Å². The summed E-state index contributed by atoms with van der Waals surface area (Å²) in [5.74, 6) is 0.400. The lowest BCUT2D eigenvalue weighted by Crippen LogP contribution is -2.32. The Morgan fingerprint density at radius 1 is 1.19 bits per heavy atom. The third kappa shape index (κ3) is 8.72. The van der Waals surface area contributed by atoms with Gasteiger partial charge in [-0.3, -0.25) is 0 Å². The van der Waals surface area contributed by atoms with Gasteiger partial charge in [0.15, 0.2) is 6.10 Å². The molecule has 0 aliphatic carbocycles. The molecule has 3 heteroatoms. The summed E-state index contributed by atoms with van der Waals surface area (Å²) in [7, 11) is 0. The Morgan fingerprint density at radius 2 is 1.75 bits per heavy atom. The third-order valence-electron chi connectivity index (χ3n) is 2.03. The van der Waals surface area contributed by atoms with Crippen LogP contribution in [-0.2, 0) is 14.3 Å². The summed E-state index contributed by atoms with van der Waals surface area (Å²) in [5.41, 5.74) is -0.438. The molecule has 0 amide bonds. The zero-order chi connectivity index (χ0) is 12.8. The van der Waals surface area contributed by atoms with Gasteiger partial charge in [-0.15, -0.1) is 0 Å². The van der Waals surface area contributed by atoms with Crippen LogP contribution in [0, 0.1) is 5.92 Å². The van der Waals surface area contributed by atoms with Gasteiger partial charge in [0, 0.05) is 6.61 Å². The number of rotatable bonds is 6. The lowest BCUT2D eigenvalue weighted by atomic mass is 10.1. The van der Waals surface area contributed by atoms with Gasteiger partial charge in [-0.2, -0.15) is 0 Å². The Balaban J connectivity index is 3.72. The zero-order valence-electron chi connectivity index (χ0n) is 11.5. The van der Waals surface area contributed by atoms with Crippen molar-refractivity contribution in [1.82, 2.24) is 0 Å². The average molecular weight is 230 g/mol. The molecule has 1 unspecified atom stereocenters. The normalized spacial score (nSPS) is 13.9. The molecule has 0 aliphatic heterocycles. The smallest absolute Gasteiger partial charge is 0.335 e. The fraction of sp³-hybridized carbons (Fsp3) is 0.923. The van der Waals surface area contributed by atoms with E-state index in [1.165, 1.54) is 0 Å². The summed E-state index contributed by atoms with van der Waals surface area (Å²) in [6.07, 6.45) is 1.65. The highest BCUT2D eigenvalue weighted by molar-refractivity contribution is 5.74. The van der Waals surface area contributed by atoms with Gasteiger partial charge < -0.3 is 9.47 Å². The first-order valence-electron chi connectivity index (χ1n) is 6.07. The molecule has 3 nitrogen and oxygen atoms in total. The Kier molecular flexibility index (Phi) is 6.65. The molecule has 0 heterocycles. The maximum Gasteiger partial charge on any atom is 0.335 e. The van der Waals surface area contributed by atoms with Crippen molar-refractivity contribution in [2.24, 2.45) is 5.92 Å². The first kappa shape index (κ1) is 15.4. The SMILES string of the molecule is CC(C)CCCOC(C)C(=O)OC(C)(C)C. The van der Waals surface area contributed by atoms with Crippen molar-refractivity contribution in [1.29, 1.82) is 0 Å². The molecule has 0 rings (SSSR count).